The molecule has 5 atom stereocenters. The van der Waals surface area contributed by atoms with Crippen molar-refractivity contribution in [2.75, 3.05) is 6.54 Å². The van der Waals surface area contributed by atoms with E-state index in [0.29, 0.717) is 12.1 Å². The van der Waals surface area contributed by atoms with Crippen molar-refractivity contribution in [3.05, 3.63) is 18.2 Å². The van der Waals surface area contributed by atoms with Gasteiger partial charge in [0, 0.05) is 18.3 Å². The predicted molar refractivity (Wildman–Crippen MR) is 166 cm³/mol. The molecule has 258 valence electrons. The molecule has 46 heavy (non-hydrogen) atoms. The summed E-state index contributed by atoms with van der Waals surface area (Å²) >= 11 is 0. The molecule has 6 amide bonds. The Labute approximate surface area is 268 Å². The lowest BCUT2D eigenvalue weighted by Gasteiger charge is -2.29. The van der Waals surface area contributed by atoms with Crippen LogP contribution < -0.4 is 38.1 Å². The minimum Gasteiger partial charge on any atom is -0.480 e. The molecule has 0 aliphatic heterocycles. The first-order valence-electron chi connectivity index (χ1n) is 15.1. The van der Waals surface area contributed by atoms with Gasteiger partial charge in [0.2, 0.25) is 35.4 Å². The molecule has 0 bridgehead atoms. The van der Waals surface area contributed by atoms with Crippen LogP contribution in [0.2, 0.25) is 0 Å². The van der Waals surface area contributed by atoms with Crippen LogP contribution in [0.4, 0.5) is 0 Å². The third kappa shape index (κ3) is 14.0. The number of amides is 6. The Morgan fingerprint density at radius 2 is 1.26 bits per heavy atom. The summed E-state index contributed by atoms with van der Waals surface area (Å²) in [5, 5.41) is 22.1. The summed E-state index contributed by atoms with van der Waals surface area (Å²) in [6.07, 6.45) is 2.47. The number of rotatable bonds is 20. The molecule has 0 saturated carbocycles. The monoisotopic (exact) mass is 651 g/mol. The molecular formula is C29H49N9O8. The maximum absolute atomic E-state index is 13.5. The summed E-state index contributed by atoms with van der Waals surface area (Å²) in [4.78, 5) is 95.0. The summed E-state index contributed by atoms with van der Waals surface area (Å²) in [7, 11) is 0. The lowest BCUT2D eigenvalue weighted by Crippen LogP contribution is -2.60. The van der Waals surface area contributed by atoms with Crippen LogP contribution in [0.3, 0.4) is 0 Å². The van der Waals surface area contributed by atoms with E-state index in [9.17, 15) is 38.7 Å². The smallest absolute Gasteiger partial charge is 0.326 e. The molecule has 0 radical (unpaired) electrons. The highest BCUT2D eigenvalue weighted by atomic mass is 16.4. The maximum atomic E-state index is 13.5. The van der Waals surface area contributed by atoms with Gasteiger partial charge in [-0.25, -0.2) is 9.78 Å². The number of nitrogens with one attached hydrogen (secondary N) is 6. The van der Waals surface area contributed by atoms with Gasteiger partial charge in [0.25, 0.3) is 0 Å². The van der Waals surface area contributed by atoms with Crippen molar-refractivity contribution in [2.24, 2.45) is 29.2 Å². The second kappa shape index (κ2) is 19.1. The van der Waals surface area contributed by atoms with E-state index < -0.39 is 84.0 Å². The van der Waals surface area contributed by atoms with Gasteiger partial charge in [0.1, 0.15) is 30.2 Å². The number of primary amides is 1. The summed E-state index contributed by atoms with van der Waals surface area (Å²) in [5.74, 6) is -6.39. The van der Waals surface area contributed by atoms with Crippen LogP contribution in [-0.4, -0.2) is 93.2 Å². The van der Waals surface area contributed by atoms with E-state index in [1.807, 2.05) is 27.7 Å². The first-order valence-corrected chi connectivity index (χ1v) is 15.1. The Morgan fingerprint density at radius 3 is 1.72 bits per heavy atom. The fraction of sp³-hybridized carbons (Fsp3) is 0.655. The number of imidazole rings is 1. The second-order valence-electron chi connectivity index (χ2n) is 12.3. The van der Waals surface area contributed by atoms with E-state index >= 15 is 0 Å². The van der Waals surface area contributed by atoms with Crippen LogP contribution in [0.25, 0.3) is 0 Å². The number of H-pyrrole nitrogens is 1. The largest absolute Gasteiger partial charge is 0.480 e. The number of carbonyl (C=O) groups is 7. The molecule has 0 aromatic carbocycles. The molecule has 1 aromatic rings. The van der Waals surface area contributed by atoms with Gasteiger partial charge in [-0.15, -0.1) is 0 Å². The van der Waals surface area contributed by atoms with Gasteiger partial charge in [-0.2, -0.15) is 0 Å². The Hall–Kier alpha value is -4.54. The van der Waals surface area contributed by atoms with Gasteiger partial charge in [-0.3, -0.25) is 28.8 Å². The summed E-state index contributed by atoms with van der Waals surface area (Å²) in [5.41, 5.74) is 11.0. The van der Waals surface area contributed by atoms with Crippen LogP contribution in [0, 0.1) is 17.8 Å². The zero-order valence-electron chi connectivity index (χ0n) is 27.2. The maximum Gasteiger partial charge on any atom is 0.326 e. The zero-order valence-corrected chi connectivity index (χ0v) is 27.2. The van der Waals surface area contributed by atoms with Crippen LogP contribution in [0.1, 0.15) is 66.5 Å². The van der Waals surface area contributed by atoms with E-state index in [4.69, 9.17) is 11.5 Å². The number of carbonyl (C=O) groups excluding carboxylic acids is 6. The van der Waals surface area contributed by atoms with Gasteiger partial charge in [0.15, 0.2) is 0 Å². The molecule has 1 heterocycles. The molecule has 0 spiro atoms. The molecule has 1 aromatic heterocycles. The highest BCUT2D eigenvalue weighted by molar-refractivity contribution is 5.96. The highest BCUT2D eigenvalue weighted by Gasteiger charge is 2.34. The van der Waals surface area contributed by atoms with E-state index in [2.05, 4.69) is 36.6 Å². The van der Waals surface area contributed by atoms with E-state index in [0.717, 1.165) is 0 Å². The number of aromatic nitrogens is 2. The fourth-order valence-corrected chi connectivity index (χ4v) is 4.48. The molecule has 17 heteroatoms. The van der Waals surface area contributed by atoms with Crippen LogP contribution >= 0.6 is 0 Å². The number of aromatic amines is 1. The number of hydrogen-bond acceptors (Lipinski definition) is 9. The number of nitrogens with two attached hydrogens (primary N) is 2. The Morgan fingerprint density at radius 1 is 0.761 bits per heavy atom. The van der Waals surface area contributed by atoms with Gasteiger partial charge in [0.05, 0.1) is 19.3 Å². The van der Waals surface area contributed by atoms with Crippen LogP contribution in [0.5, 0.6) is 0 Å². The molecular weight excluding hydrogens is 602 g/mol. The Bertz CT molecular complexity index is 1200. The highest BCUT2D eigenvalue weighted by Crippen LogP contribution is 2.11. The third-order valence-corrected chi connectivity index (χ3v) is 6.76. The Balaban J connectivity index is 3.22. The van der Waals surface area contributed by atoms with Crippen molar-refractivity contribution in [1.82, 2.24) is 36.6 Å². The number of aliphatic carboxylic acids is 1. The summed E-state index contributed by atoms with van der Waals surface area (Å²) < 4.78 is 0. The molecule has 0 unspecified atom stereocenters. The molecule has 17 nitrogen and oxygen atoms in total. The molecule has 0 saturated heterocycles. The standard InChI is InChI=1S/C29H49N9O8/c1-14(2)7-18(34-23(40)11-30)25(41)35-19(8-15(3)4)27(43)38-24(16(5)6)28(44)36-20(9-17-12-32-13-33-17)26(42)37-21(29(45)46)10-22(31)39/h12-16,18-21,24H,7-11,30H2,1-6H3,(H2,31,39)(H,32,33)(H,34,40)(H,35,41)(H,36,44)(H,37,42)(H,38,43)(H,45,46)/t18-,19-,20-,21-,24-/m0/s1. The summed E-state index contributed by atoms with van der Waals surface area (Å²) in [6, 6.07) is -6.16. The van der Waals surface area contributed by atoms with Gasteiger partial charge < -0.3 is 48.1 Å². The van der Waals surface area contributed by atoms with E-state index in [1.54, 1.807) is 13.8 Å². The van der Waals surface area contributed by atoms with E-state index in [1.165, 1.54) is 12.5 Å². The number of carboxylic acids is 1. The molecule has 0 aliphatic rings. The normalized spacial score (nSPS) is 14.5. The summed E-state index contributed by atoms with van der Waals surface area (Å²) in [6.45, 7) is 10.5. The average Bonchev–Trinajstić information content (AvgIpc) is 3.46. The van der Waals surface area contributed by atoms with Crippen molar-refractivity contribution in [1.29, 1.82) is 0 Å². The van der Waals surface area contributed by atoms with Crippen molar-refractivity contribution in [3.63, 3.8) is 0 Å². The number of nitrogens with zero attached hydrogens (tertiary/aromatic N) is 1. The lowest BCUT2D eigenvalue weighted by molar-refractivity contribution is -0.143. The molecule has 0 aliphatic carbocycles. The molecule has 1 rings (SSSR count). The first-order chi connectivity index (χ1) is 21.4. The van der Waals surface area contributed by atoms with Gasteiger partial charge in [-0.1, -0.05) is 41.5 Å². The third-order valence-electron chi connectivity index (χ3n) is 6.76. The number of carboxylic acid groups (broad SMARTS) is 1. The van der Waals surface area contributed by atoms with Crippen molar-refractivity contribution in [2.45, 2.75) is 97.4 Å². The molecule has 11 N–H and O–H groups in total. The first kappa shape index (κ1) is 39.5. The van der Waals surface area contributed by atoms with E-state index in [-0.39, 0.29) is 31.2 Å². The van der Waals surface area contributed by atoms with Crippen molar-refractivity contribution in [3.8, 4) is 0 Å². The van der Waals surface area contributed by atoms with Crippen LogP contribution in [-0.2, 0) is 40.0 Å². The predicted octanol–water partition coefficient (Wildman–Crippen LogP) is -1.96. The molecule has 0 fully saturated rings. The van der Waals surface area contributed by atoms with Gasteiger partial charge >= 0.3 is 5.97 Å². The zero-order chi connectivity index (χ0) is 35.1. The average molecular weight is 652 g/mol. The Kier molecular flexibility index (Phi) is 16.4. The quantitative estimate of drug-likeness (QED) is 0.0751. The van der Waals surface area contributed by atoms with Crippen LogP contribution in [0.15, 0.2) is 12.5 Å². The van der Waals surface area contributed by atoms with Gasteiger partial charge in [-0.05, 0) is 30.6 Å². The van der Waals surface area contributed by atoms with Crippen molar-refractivity contribution >= 4 is 41.4 Å². The topological polar surface area (TPSA) is 281 Å². The SMILES string of the molecule is CC(C)C[C@H](NC(=O)CN)C(=O)N[C@@H](CC(C)C)C(=O)N[C@H](C(=O)N[C@@H](Cc1cnc[nH]1)C(=O)N[C@@H](CC(N)=O)C(=O)O)C(C)C. The second-order valence-corrected chi connectivity index (χ2v) is 12.3. The lowest BCUT2D eigenvalue weighted by atomic mass is 9.98. The minimum atomic E-state index is -1.64. The van der Waals surface area contributed by atoms with Crippen molar-refractivity contribution < 1.29 is 38.7 Å². The fourth-order valence-electron chi connectivity index (χ4n) is 4.48. The minimum absolute atomic E-state index is 0.0358. The number of hydrogen-bond donors (Lipinski definition) is 9.